The van der Waals surface area contributed by atoms with Gasteiger partial charge in [-0.3, -0.25) is 0 Å². The maximum atomic E-state index is 5.66. The maximum Gasteiger partial charge on any atom is 0.159 e. The minimum Gasteiger partial charge on any atom is -0.491 e. The van der Waals surface area contributed by atoms with Crippen LogP contribution in [0.5, 0.6) is 5.75 Å². The van der Waals surface area contributed by atoms with Crippen LogP contribution in [-0.4, -0.2) is 29.8 Å². The van der Waals surface area contributed by atoms with Crippen molar-refractivity contribution in [1.29, 1.82) is 0 Å². The van der Waals surface area contributed by atoms with E-state index < -0.39 is 0 Å². The van der Waals surface area contributed by atoms with Gasteiger partial charge in [-0.1, -0.05) is 33.1 Å². The molecule has 0 spiro atoms. The van der Waals surface area contributed by atoms with Crippen LogP contribution >= 0.6 is 0 Å². The molecule has 0 unspecified atom stereocenters. The molecule has 1 heterocycles. The first kappa shape index (κ1) is 19.4. The molecule has 2 rings (SSSR count). The fourth-order valence-corrected chi connectivity index (χ4v) is 2.55. The van der Waals surface area contributed by atoms with E-state index >= 15 is 0 Å². The van der Waals surface area contributed by atoms with E-state index in [2.05, 4.69) is 23.8 Å². The van der Waals surface area contributed by atoms with Crippen LogP contribution in [0.25, 0.3) is 11.4 Å². The van der Waals surface area contributed by atoms with E-state index in [0.29, 0.717) is 13.2 Å². The van der Waals surface area contributed by atoms with Gasteiger partial charge in [0.1, 0.15) is 12.4 Å². The highest BCUT2D eigenvalue weighted by Crippen LogP contribution is 2.19. The van der Waals surface area contributed by atoms with Gasteiger partial charge in [0, 0.05) is 24.6 Å². The molecule has 0 radical (unpaired) electrons. The maximum absolute atomic E-state index is 5.66. The van der Waals surface area contributed by atoms with E-state index in [1.165, 1.54) is 31.2 Å². The lowest BCUT2D eigenvalue weighted by atomic mass is 10.1. The molecule has 4 heteroatoms. The van der Waals surface area contributed by atoms with Gasteiger partial charge in [0.15, 0.2) is 5.82 Å². The van der Waals surface area contributed by atoms with Gasteiger partial charge >= 0.3 is 0 Å². The second kappa shape index (κ2) is 11.6. The van der Waals surface area contributed by atoms with Crippen molar-refractivity contribution in [2.75, 3.05) is 19.8 Å². The summed E-state index contributed by atoms with van der Waals surface area (Å²) in [6.45, 7) is 6.31. The van der Waals surface area contributed by atoms with Crippen molar-refractivity contribution in [2.45, 2.75) is 52.4 Å². The van der Waals surface area contributed by atoms with Crippen LogP contribution in [0.4, 0.5) is 0 Å². The lowest BCUT2D eigenvalue weighted by Crippen LogP contribution is -2.07. The van der Waals surface area contributed by atoms with Crippen molar-refractivity contribution in [3.05, 3.63) is 42.2 Å². The average molecular weight is 342 g/mol. The first-order valence-corrected chi connectivity index (χ1v) is 9.45. The molecule has 0 aliphatic carbocycles. The van der Waals surface area contributed by atoms with Gasteiger partial charge in [-0.25, -0.2) is 9.97 Å². The molecular weight excluding hydrogens is 312 g/mol. The van der Waals surface area contributed by atoms with E-state index in [9.17, 15) is 0 Å². The summed E-state index contributed by atoms with van der Waals surface area (Å²) in [5, 5.41) is 0. The van der Waals surface area contributed by atoms with Crippen LogP contribution in [0.1, 0.15) is 51.5 Å². The Labute approximate surface area is 151 Å². The minimum atomic E-state index is 0.572. The quantitative estimate of drug-likeness (QED) is 0.505. The number of aryl methyl sites for hydroxylation is 1. The van der Waals surface area contributed by atoms with E-state index in [-0.39, 0.29) is 0 Å². The van der Waals surface area contributed by atoms with E-state index in [1.54, 1.807) is 0 Å². The van der Waals surface area contributed by atoms with Gasteiger partial charge in [-0.2, -0.15) is 0 Å². The summed E-state index contributed by atoms with van der Waals surface area (Å²) in [7, 11) is 0. The fraction of sp³-hybridized carbons (Fsp3) is 0.524. The molecule has 0 atom stereocenters. The topological polar surface area (TPSA) is 44.2 Å². The Bertz CT molecular complexity index is 582. The van der Waals surface area contributed by atoms with Gasteiger partial charge in [-0.15, -0.1) is 0 Å². The number of hydrogen-bond donors (Lipinski definition) is 0. The second-order valence-electron chi connectivity index (χ2n) is 6.21. The molecule has 25 heavy (non-hydrogen) atoms. The van der Waals surface area contributed by atoms with Gasteiger partial charge in [-0.05, 0) is 49.1 Å². The first-order valence-electron chi connectivity index (χ1n) is 9.45. The Morgan fingerprint density at radius 3 is 2.24 bits per heavy atom. The Hall–Kier alpha value is -1.94. The Morgan fingerprint density at radius 2 is 1.56 bits per heavy atom. The van der Waals surface area contributed by atoms with Crippen LogP contribution in [0.3, 0.4) is 0 Å². The van der Waals surface area contributed by atoms with Crippen LogP contribution in [-0.2, 0) is 11.2 Å². The number of hydrogen-bond acceptors (Lipinski definition) is 4. The second-order valence-corrected chi connectivity index (χ2v) is 6.21. The van der Waals surface area contributed by atoms with Gasteiger partial charge in [0.05, 0.1) is 6.61 Å². The van der Waals surface area contributed by atoms with Crippen LogP contribution in [0.2, 0.25) is 0 Å². The predicted octanol–water partition coefficient (Wildman–Crippen LogP) is 5.07. The van der Waals surface area contributed by atoms with Crippen molar-refractivity contribution in [1.82, 2.24) is 9.97 Å². The third kappa shape index (κ3) is 7.22. The number of ether oxygens (including phenoxy) is 2. The summed E-state index contributed by atoms with van der Waals surface area (Å²) in [5.74, 6) is 1.60. The molecule has 1 aromatic heterocycles. The summed E-state index contributed by atoms with van der Waals surface area (Å²) in [6, 6.07) is 7.91. The number of benzene rings is 1. The van der Waals surface area contributed by atoms with Crippen LogP contribution in [0.15, 0.2) is 36.7 Å². The zero-order valence-corrected chi connectivity index (χ0v) is 15.5. The summed E-state index contributed by atoms with van der Waals surface area (Å²) in [4.78, 5) is 9.00. The van der Waals surface area contributed by atoms with Crippen molar-refractivity contribution < 1.29 is 9.47 Å². The van der Waals surface area contributed by atoms with Crippen LogP contribution < -0.4 is 4.74 Å². The molecule has 0 saturated carbocycles. The molecule has 136 valence electrons. The highest BCUT2D eigenvalue weighted by Gasteiger charge is 2.03. The molecule has 0 aliphatic rings. The van der Waals surface area contributed by atoms with Crippen molar-refractivity contribution in [3.63, 3.8) is 0 Å². The molecule has 0 N–H and O–H groups in total. The normalized spacial score (nSPS) is 10.8. The fourth-order valence-electron chi connectivity index (χ4n) is 2.55. The smallest absolute Gasteiger partial charge is 0.159 e. The summed E-state index contributed by atoms with van der Waals surface area (Å²) < 4.78 is 11.1. The van der Waals surface area contributed by atoms with E-state index in [1.807, 2.05) is 36.7 Å². The molecule has 0 aliphatic heterocycles. The zero-order valence-electron chi connectivity index (χ0n) is 15.5. The molecule has 2 aromatic rings. The largest absolute Gasteiger partial charge is 0.491 e. The Balaban J connectivity index is 1.80. The average Bonchev–Trinajstić information content (AvgIpc) is 2.66. The van der Waals surface area contributed by atoms with E-state index in [0.717, 1.165) is 36.6 Å². The van der Waals surface area contributed by atoms with E-state index in [4.69, 9.17) is 9.47 Å². The lowest BCUT2D eigenvalue weighted by molar-refractivity contribution is 0.101. The zero-order chi connectivity index (χ0) is 17.7. The molecule has 0 bridgehead atoms. The summed E-state index contributed by atoms with van der Waals surface area (Å²) in [5.41, 5.74) is 2.22. The number of nitrogens with zero attached hydrogens (tertiary/aromatic N) is 2. The number of unbranched alkanes of at least 4 members (excludes halogenated alkanes) is 3. The Kier molecular flexibility index (Phi) is 8.98. The third-order valence-corrected chi connectivity index (χ3v) is 3.98. The monoisotopic (exact) mass is 342 g/mol. The molecular formula is C21H30N2O2. The molecule has 0 fully saturated rings. The van der Waals surface area contributed by atoms with Crippen LogP contribution in [0, 0.1) is 0 Å². The Morgan fingerprint density at radius 1 is 0.800 bits per heavy atom. The van der Waals surface area contributed by atoms with Gasteiger partial charge in [0.2, 0.25) is 0 Å². The third-order valence-electron chi connectivity index (χ3n) is 3.98. The van der Waals surface area contributed by atoms with Gasteiger partial charge < -0.3 is 9.47 Å². The number of rotatable bonds is 12. The number of aromatic nitrogens is 2. The SMILES string of the molecule is CCCCCCc1cnc(-c2ccc(OCCOCCC)cc2)nc1. The predicted molar refractivity (Wildman–Crippen MR) is 102 cm³/mol. The standard InChI is InChI=1S/C21H30N2O2/c1-3-5-6-7-8-18-16-22-21(23-17-18)19-9-11-20(12-10-19)25-15-14-24-13-4-2/h9-12,16-17H,3-8,13-15H2,1-2H3. The lowest BCUT2D eigenvalue weighted by Gasteiger charge is -2.07. The van der Waals surface area contributed by atoms with Crippen molar-refractivity contribution in [2.24, 2.45) is 0 Å². The first-order chi connectivity index (χ1) is 12.3. The summed E-state index contributed by atoms with van der Waals surface area (Å²) in [6.07, 6.45) is 11.1. The highest BCUT2D eigenvalue weighted by molar-refractivity contribution is 5.55. The minimum absolute atomic E-state index is 0.572. The van der Waals surface area contributed by atoms with Crippen molar-refractivity contribution >= 4 is 0 Å². The highest BCUT2D eigenvalue weighted by atomic mass is 16.5. The molecule has 0 amide bonds. The molecule has 0 saturated heterocycles. The molecule has 4 nitrogen and oxygen atoms in total. The van der Waals surface area contributed by atoms with Crippen molar-refractivity contribution in [3.8, 4) is 17.1 Å². The molecule has 1 aromatic carbocycles. The van der Waals surface area contributed by atoms with Gasteiger partial charge in [0.25, 0.3) is 0 Å². The summed E-state index contributed by atoms with van der Waals surface area (Å²) >= 11 is 0.